The van der Waals surface area contributed by atoms with Crippen LogP contribution < -0.4 is 14.4 Å². The Bertz CT molecular complexity index is 1330. The number of aromatic nitrogens is 1. The van der Waals surface area contributed by atoms with E-state index in [1.807, 2.05) is 0 Å². The summed E-state index contributed by atoms with van der Waals surface area (Å²) in [5.74, 6) is -4.27. The molecule has 1 amide bonds. The summed E-state index contributed by atoms with van der Waals surface area (Å²) in [5.41, 5.74) is -0.554. The van der Waals surface area contributed by atoms with Gasteiger partial charge in [-0.1, -0.05) is 17.7 Å². The zero-order chi connectivity index (χ0) is 24.6. The summed E-state index contributed by atoms with van der Waals surface area (Å²) < 4.78 is 39.1. The molecule has 2 aromatic carbocycles. The lowest BCUT2D eigenvalue weighted by molar-refractivity contribution is -0.132. The molecule has 174 valence electrons. The normalized spacial score (nSPS) is 17.2. The maximum absolute atomic E-state index is 14.7. The summed E-state index contributed by atoms with van der Waals surface area (Å²) >= 11 is 6.21. The third kappa shape index (κ3) is 3.84. The van der Waals surface area contributed by atoms with E-state index in [9.17, 15) is 23.5 Å². The monoisotopic (exact) mass is 486 g/mol. The molecular formula is C24H17ClF2N2O5. The number of aliphatic hydroxyl groups is 1. The second-order valence-corrected chi connectivity index (χ2v) is 7.65. The van der Waals surface area contributed by atoms with E-state index in [4.69, 9.17) is 21.1 Å². The molecule has 0 saturated carbocycles. The van der Waals surface area contributed by atoms with Crippen molar-refractivity contribution in [1.29, 1.82) is 0 Å². The second kappa shape index (κ2) is 9.11. The van der Waals surface area contributed by atoms with E-state index < -0.39 is 40.8 Å². The quantitative estimate of drug-likeness (QED) is 0.320. The maximum atomic E-state index is 14.7. The standard InChI is InChI=1S/C24H17ClF2N2O5/c1-33-18-10-19(34-2)15(25)9-14(18)22(30)20-21(12-4-3-7-28-11-12)29(24(32)23(20)31)17-8-13(26)5-6-16(17)27/h3-11,21,30H,1-2H3/b22-20+. The van der Waals surface area contributed by atoms with E-state index in [1.54, 1.807) is 12.1 Å². The van der Waals surface area contributed by atoms with Crippen molar-refractivity contribution in [3.8, 4) is 11.5 Å². The number of amides is 1. The van der Waals surface area contributed by atoms with E-state index in [0.29, 0.717) is 0 Å². The zero-order valence-corrected chi connectivity index (χ0v) is 18.6. The predicted octanol–water partition coefficient (Wildman–Crippen LogP) is 4.66. The van der Waals surface area contributed by atoms with Gasteiger partial charge in [-0.05, 0) is 29.8 Å². The molecule has 1 saturated heterocycles. The fraction of sp³-hybridized carbons (Fsp3) is 0.125. The lowest BCUT2D eigenvalue weighted by atomic mass is 9.95. The number of Topliss-reactive ketones (excluding diaryl/α,β-unsaturated/α-hetero) is 1. The van der Waals surface area contributed by atoms with Gasteiger partial charge in [-0.3, -0.25) is 19.5 Å². The first-order chi connectivity index (χ1) is 16.3. The molecule has 4 rings (SSSR count). The molecule has 1 aromatic heterocycles. The first kappa shape index (κ1) is 23.2. The number of ether oxygens (including phenoxy) is 2. The number of methoxy groups -OCH3 is 2. The van der Waals surface area contributed by atoms with Crippen LogP contribution in [-0.2, 0) is 9.59 Å². The summed E-state index contributed by atoms with van der Waals surface area (Å²) in [6.07, 6.45) is 2.82. The van der Waals surface area contributed by atoms with Crippen LogP contribution in [0.5, 0.6) is 11.5 Å². The summed E-state index contributed by atoms with van der Waals surface area (Å²) in [6.45, 7) is 0. The molecular weight excluding hydrogens is 470 g/mol. The zero-order valence-electron chi connectivity index (χ0n) is 17.9. The van der Waals surface area contributed by atoms with Crippen LogP contribution in [0.2, 0.25) is 5.02 Å². The molecule has 1 fully saturated rings. The molecule has 10 heteroatoms. The minimum atomic E-state index is -1.31. The van der Waals surface area contributed by atoms with Crippen LogP contribution in [0.4, 0.5) is 14.5 Å². The lowest BCUT2D eigenvalue weighted by Gasteiger charge is -2.25. The minimum Gasteiger partial charge on any atom is -0.507 e. The number of aliphatic hydroxyl groups excluding tert-OH is 1. The number of hydrogen-bond donors (Lipinski definition) is 1. The van der Waals surface area contributed by atoms with Crippen LogP contribution in [0.3, 0.4) is 0 Å². The third-order valence-corrected chi connectivity index (χ3v) is 5.64. The minimum absolute atomic E-state index is 0.0000884. The number of hydrogen-bond acceptors (Lipinski definition) is 6. The highest BCUT2D eigenvalue weighted by molar-refractivity contribution is 6.51. The number of anilines is 1. The first-order valence-corrected chi connectivity index (χ1v) is 10.2. The van der Waals surface area contributed by atoms with Gasteiger partial charge in [0.05, 0.1) is 42.1 Å². The van der Waals surface area contributed by atoms with E-state index in [1.165, 1.54) is 38.7 Å². The Hall–Kier alpha value is -3.98. The van der Waals surface area contributed by atoms with Gasteiger partial charge in [0.2, 0.25) is 0 Å². The van der Waals surface area contributed by atoms with Crippen LogP contribution >= 0.6 is 11.6 Å². The summed E-state index contributed by atoms with van der Waals surface area (Å²) in [5, 5.41) is 11.3. The Morgan fingerprint density at radius 3 is 2.47 bits per heavy atom. The van der Waals surface area contributed by atoms with Crippen molar-refractivity contribution >= 4 is 34.7 Å². The smallest absolute Gasteiger partial charge is 0.300 e. The number of ketones is 1. The van der Waals surface area contributed by atoms with Gasteiger partial charge in [-0.2, -0.15) is 0 Å². The number of pyridine rings is 1. The average molecular weight is 487 g/mol. The van der Waals surface area contributed by atoms with Gasteiger partial charge in [-0.25, -0.2) is 8.78 Å². The van der Waals surface area contributed by atoms with Crippen molar-refractivity contribution in [2.45, 2.75) is 6.04 Å². The number of carbonyl (C=O) groups is 2. The molecule has 0 aliphatic carbocycles. The second-order valence-electron chi connectivity index (χ2n) is 7.24. The lowest BCUT2D eigenvalue weighted by Crippen LogP contribution is -2.30. The van der Waals surface area contributed by atoms with Crippen LogP contribution in [0.1, 0.15) is 17.2 Å². The Balaban J connectivity index is 2.01. The van der Waals surface area contributed by atoms with E-state index in [0.717, 1.165) is 23.1 Å². The molecule has 1 aliphatic heterocycles. The van der Waals surface area contributed by atoms with Gasteiger partial charge < -0.3 is 14.6 Å². The molecule has 0 radical (unpaired) electrons. The van der Waals surface area contributed by atoms with Crippen molar-refractivity contribution in [1.82, 2.24) is 4.98 Å². The van der Waals surface area contributed by atoms with E-state index in [2.05, 4.69) is 4.98 Å². The van der Waals surface area contributed by atoms with Gasteiger partial charge in [0.25, 0.3) is 11.7 Å². The Kier molecular flexibility index (Phi) is 6.21. The van der Waals surface area contributed by atoms with Crippen molar-refractivity contribution < 1.29 is 33.0 Å². The van der Waals surface area contributed by atoms with Crippen LogP contribution in [-0.4, -0.2) is 36.0 Å². The van der Waals surface area contributed by atoms with Gasteiger partial charge in [-0.15, -0.1) is 0 Å². The molecule has 1 N–H and O–H groups in total. The molecule has 1 atom stereocenters. The molecule has 34 heavy (non-hydrogen) atoms. The van der Waals surface area contributed by atoms with Crippen molar-refractivity contribution in [2.24, 2.45) is 0 Å². The fourth-order valence-corrected chi connectivity index (χ4v) is 4.04. The highest BCUT2D eigenvalue weighted by Crippen LogP contribution is 2.45. The van der Waals surface area contributed by atoms with Gasteiger partial charge in [0.15, 0.2) is 0 Å². The van der Waals surface area contributed by atoms with E-state index in [-0.39, 0.29) is 33.2 Å². The summed E-state index contributed by atoms with van der Waals surface area (Å²) in [6, 6.07) is 7.02. The summed E-state index contributed by atoms with van der Waals surface area (Å²) in [4.78, 5) is 31.0. The first-order valence-electron chi connectivity index (χ1n) is 9.86. The molecule has 2 heterocycles. The third-order valence-electron chi connectivity index (χ3n) is 5.34. The summed E-state index contributed by atoms with van der Waals surface area (Å²) in [7, 11) is 2.72. The van der Waals surface area contributed by atoms with Crippen LogP contribution in [0.25, 0.3) is 5.76 Å². The number of nitrogens with zero attached hydrogens (tertiary/aromatic N) is 2. The van der Waals surface area contributed by atoms with E-state index >= 15 is 0 Å². The predicted molar refractivity (Wildman–Crippen MR) is 120 cm³/mol. The number of benzene rings is 2. The highest BCUT2D eigenvalue weighted by atomic mass is 35.5. The molecule has 1 unspecified atom stereocenters. The Morgan fingerprint density at radius 2 is 1.82 bits per heavy atom. The number of halogens is 3. The van der Waals surface area contributed by atoms with Gasteiger partial charge in [0.1, 0.15) is 28.9 Å². The molecule has 0 spiro atoms. The average Bonchev–Trinajstić information content (AvgIpc) is 3.10. The molecule has 1 aliphatic rings. The molecule has 7 nitrogen and oxygen atoms in total. The number of carbonyl (C=O) groups excluding carboxylic acids is 2. The fourth-order valence-electron chi connectivity index (χ4n) is 3.79. The Labute approximate surface area is 197 Å². The maximum Gasteiger partial charge on any atom is 0.300 e. The van der Waals surface area contributed by atoms with Gasteiger partial charge >= 0.3 is 0 Å². The van der Waals surface area contributed by atoms with Crippen molar-refractivity contribution in [2.75, 3.05) is 19.1 Å². The molecule has 0 bridgehead atoms. The van der Waals surface area contributed by atoms with Crippen molar-refractivity contribution in [3.63, 3.8) is 0 Å². The van der Waals surface area contributed by atoms with Crippen molar-refractivity contribution in [3.05, 3.63) is 88.2 Å². The Morgan fingerprint density at radius 1 is 1.09 bits per heavy atom. The van der Waals surface area contributed by atoms with Gasteiger partial charge in [0, 0.05) is 24.5 Å². The topological polar surface area (TPSA) is 89.0 Å². The highest BCUT2D eigenvalue weighted by Gasteiger charge is 2.48. The van der Waals surface area contributed by atoms with Crippen LogP contribution in [0.15, 0.2) is 60.4 Å². The largest absolute Gasteiger partial charge is 0.507 e. The number of rotatable bonds is 5. The molecule has 3 aromatic rings. The van der Waals surface area contributed by atoms with Crippen LogP contribution in [0, 0.1) is 11.6 Å². The SMILES string of the molecule is COc1cc(OC)c(/C(O)=C2\C(=O)C(=O)N(c3cc(F)ccc3F)C2c2cccnc2)cc1Cl.